The second-order valence-corrected chi connectivity index (χ2v) is 6.79. The molecule has 0 aromatic heterocycles. The van der Waals surface area contributed by atoms with Crippen molar-refractivity contribution >= 4 is 6.29 Å². The van der Waals surface area contributed by atoms with E-state index in [-0.39, 0.29) is 0 Å². The van der Waals surface area contributed by atoms with Crippen molar-refractivity contribution in [1.82, 2.24) is 0 Å². The Kier molecular flexibility index (Phi) is 1.98. The van der Waals surface area contributed by atoms with E-state index in [9.17, 15) is 4.79 Å². The Hall–Kier alpha value is -0.590. The van der Waals surface area contributed by atoms with Crippen LogP contribution in [-0.2, 0) is 4.79 Å². The number of carbonyl (C=O) groups is 1. The van der Waals surface area contributed by atoms with Crippen LogP contribution in [0.1, 0.15) is 46.0 Å². The molecule has 16 heavy (non-hydrogen) atoms. The normalized spacial score (nSPS) is 49.1. The second-order valence-electron chi connectivity index (χ2n) is 6.79. The van der Waals surface area contributed by atoms with Crippen molar-refractivity contribution in [3.05, 3.63) is 12.2 Å². The van der Waals surface area contributed by atoms with Crippen molar-refractivity contribution in [2.75, 3.05) is 0 Å². The van der Waals surface area contributed by atoms with Gasteiger partial charge in [-0.3, -0.25) is 0 Å². The summed E-state index contributed by atoms with van der Waals surface area (Å²) in [6, 6.07) is 0. The molecule has 1 nitrogen and oxygen atoms in total. The van der Waals surface area contributed by atoms with Gasteiger partial charge in [0.1, 0.15) is 6.29 Å². The molecule has 0 aromatic carbocycles. The summed E-state index contributed by atoms with van der Waals surface area (Å²) in [5, 5.41) is 0. The van der Waals surface area contributed by atoms with Gasteiger partial charge in [-0.15, -0.1) is 0 Å². The minimum atomic E-state index is 0.308. The summed E-state index contributed by atoms with van der Waals surface area (Å²) in [6.45, 7) is 9.13. The van der Waals surface area contributed by atoms with Gasteiger partial charge in [0, 0.05) is 5.92 Å². The molecule has 1 heteroatoms. The predicted molar refractivity (Wildman–Crippen MR) is 65.0 cm³/mol. The molecule has 0 radical (unpaired) electrons. The lowest BCUT2D eigenvalue weighted by Gasteiger charge is -2.48. The van der Waals surface area contributed by atoms with E-state index in [2.05, 4.69) is 20.4 Å². The van der Waals surface area contributed by atoms with E-state index in [4.69, 9.17) is 0 Å². The van der Waals surface area contributed by atoms with Crippen LogP contribution in [0.25, 0.3) is 0 Å². The zero-order chi connectivity index (χ0) is 11.6. The van der Waals surface area contributed by atoms with Crippen LogP contribution in [0.5, 0.6) is 0 Å². The molecule has 3 aliphatic carbocycles. The van der Waals surface area contributed by atoms with Crippen molar-refractivity contribution in [2.45, 2.75) is 46.0 Å². The Morgan fingerprint density at radius 3 is 2.75 bits per heavy atom. The fourth-order valence-corrected chi connectivity index (χ4v) is 4.99. The molecule has 88 valence electrons. The molecule has 0 amide bonds. The summed E-state index contributed by atoms with van der Waals surface area (Å²) in [7, 11) is 0. The first kappa shape index (κ1) is 10.6. The van der Waals surface area contributed by atoms with Gasteiger partial charge in [0.05, 0.1) is 0 Å². The lowest BCUT2D eigenvalue weighted by atomic mass is 9.56. The van der Waals surface area contributed by atoms with E-state index in [1.54, 1.807) is 0 Å². The van der Waals surface area contributed by atoms with E-state index in [0.29, 0.717) is 22.7 Å². The van der Waals surface area contributed by atoms with Crippen molar-refractivity contribution in [3.8, 4) is 0 Å². The Labute approximate surface area is 98.3 Å². The van der Waals surface area contributed by atoms with Crippen molar-refractivity contribution < 1.29 is 4.79 Å². The minimum Gasteiger partial charge on any atom is -0.303 e. The van der Waals surface area contributed by atoms with E-state index < -0.39 is 0 Å². The van der Waals surface area contributed by atoms with Gasteiger partial charge in [0.15, 0.2) is 0 Å². The molecule has 0 aromatic rings. The van der Waals surface area contributed by atoms with Gasteiger partial charge in [0.2, 0.25) is 0 Å². The molecule has 0 saturated heterocycles. The lowest BCUT2D eigenvalue weighted by molar-refractivity contribution is -0.114. The van der Waals surface area contributed by atoms with Crippen LogP contribution in [0.4, 0.5) is 0 Å². The molecular formula is C15H22O. The number of aldehydes is 1. The molecule has 3 aliphatic rings. The molecule has 0 heterocycles. The van der Waals surface area contributed by atoms with Gasteiger partial charge in [-0.2, -0.15) is 0 Å². The highest BCUT2D eigenvalue weighted by molar-refractivity contribution is 5.57. The van der Waals surface area contributed by atoms with Gasteiger partial charge in [-0.1, -0.05) is 26.0 Å². The summed E-state index contributed by atoms with van der Waals surface area (Å²) < 4.78 is 0. The topological polar surface area (TPSA) is 17.1 Å². The maximum Gasteiger partial charge on any atom is 0.123 e. The van der Waals surface area contributed by atoms with E-state index in [1.807, 2.05) is 0 Å². The maximum absolute atomic E-state index is 11.3. The smallest absolute Gasteiger partial charge is 0.123 e. The largest absolute Gasteiger partial charge is 0.303 e. The third-order valence-electron chi connectivity index (χ3n) is 6.22. The number of allylic oxidation sites excluding steroid dienone is 1. The summed E-state index contributed by atoms with van der Waals surface area (Å²) in [5.74, 6) is 1.74. The number of fused-ring (bicyclic) bond motifs is 1. The number of hydrogen-bond acceptors (Lipinski definition) is 1. The van der Waals surface area contributed by atoms with Gasteiger partial charge in [-0.05, 0) is 54.8 Å². The molecule has 1 spiro atoms. The van der Waals surface area contributed by atoms with E-state index in [1.165, 1.54) is 37.5 Å². The van der Waals surface area contributed by atoms with Crippen LogP contribution in [0.2, 0.25) is 0 Å². The molecular weight excluding hydrogens is 196 g/mol. The van der Waals surface area contributed by atoms with Crippen LogP contribution in [0, 0.1) is 28.6 Å². The lowest BCUT2D eigenvalue weighted by Crippen LogP contribution is -2.41. The average Bonchev–Trinajstić information content (AvgIpc) is 2.81. The molecule has 4 atom stereocenters. The van der Waals surface area contributed by atoms with Crippen LogP contribution < -0.4 is 0 Å². The molecule has 0 N–H and O–H groups in total. The first-order valence-electron chi connectivity index (χ1n) is 6.67. The highest BCUT2D eigenvalue weighted by atomic mass is 16.1. The highest BCUT2D eigenvalue weighted by Gasteiger charge is 2.61. The van der Waals surface area contributed by atoms with Crippen LogP contribution in [0.3, 0.4) is 0 Å². The van der Waals surface area contributed by atoms with Crippen molar-refractivity contribution in [2.24, 2.45) is 28.6 Å². The number of hydrogen-bond donors (Lipinski definition) is 0. The van der Waals surface area contributed by atoms with Crippen LogP contribution in [-0.4, -0.2) is 6.29 Å². The zero-order valence-corrected chi connectivity index (χ0v) is 10.5. The monoisotopic (exact) mass is 218 g/mol. The highest BCUT2D eigenvalue weighted by Crippen LogP contribution is 2.69. The van der Waals surface area contributed by atoms with Crippen LogP contribution in [0.15, 0.2) is 12.2 Å². The molecule has 3 rings (SSSR count). The van der Waals surface area contributed by atoms with Crippen molar-refractivity contribution in [3.63, 3.8) is 0 Å². The fourth-order valence-electron chi connectivity index (χ4n) is 4.99. The Balaban J connectivity index is 2.06. The standard InChI is InChI=1S/C15H22O/c1-10-13-5-4-12(9-16)15(13)7-6-11(8-15)14(10,2)3/h9,11-13H,1,4-8H2,2-3H3/t11-,12+,13-,15+/m1/s1. The molecule has 3 fully saturated rings. The van der Waals surface area contributed by atoms with Gasteiger partial charge < -0.3 is 4.79 Å². The fraction of sp³-hybridized carbons (Fsp3) is 0.800. The Bertz CT molecular complexity index is 354. The Morgan fingerprint density at radius 2 is 2.06 bits per heavy atom. The molecule has 0 aliphatic heterocycles. The summed E-state index contributed by atoms with van der Waals surface area (Å²) in [5.41, 5.74) is 2.09. The van der Waals surface area contributed by atoms with Crippen molar-refractivity contribution in [1.29, 1.82) is 0 Å². The molecule has 2 bridgehead atoms. The van der Waals surface area contributed by atoms with Crippen LogP contribution >= 0.6 is 0 Å². The SMILES string of the molecule is C=C1[C@H]2CC[C@@H](C=O)[C@@]23CC[C@H](C3)C1(C)C. The maximum atomic E-state index is 11.3. The predicted octanol–water partition coefficient (Wildman–Crippen LogP) is 3.59. The summed E-state index contributed by atoms with van der Waals surface area (Å²) >= 11 is 0. The second kappa shape index (κ2) is 3.00. The average molecular weight is 218 g/mol. The third-order valence-corrected chi connectivity index (χ3v) is 6.22. The minimum absolute atomic E-state index is 0.308. The molecule has 3 saturated carbocycles. The summed E-state index contributed by atoms with van der Waals surface area (Å²) in [4.78, 5) is 11.3. The Morgan fingerprint density at radius 1 is 1.31 bits per heavy atom. The van der Waals surface area contributed by atoms with E-state index >= 15 is 0 Å². The van der Waals surface area contributed by atoms with Gasteiger partial charge in [-0.25, -0.2) is 0 Å². The number of rotatable bonds is 1. The van der Waals surface area contributed by atoms with Gasteiger partial charge in [0.25, 0.3) is 0 Å². The zero-order valence-electron chi connectivity index (χ0n) is 10.5. The summed E-state index contributed by atoms with van der Waals surface area (Å²) in [6.07, 6.45) is 7.43. The first-order chi connectivity index (χ1) is 7.52. The van der Waals surface area contributed by atoms with Gasteiger partial charge >= 0.3 is 0 Å². The van der Waals surface area contributed by atoms with E-state index in [0.717, 1.165) is 12.3 Å². The number of carbonyl (C=O) groups excluding carboxylic acids is 1. The molecule has 0 unspecified atom stereocenters. The third kappa shape index (κ3) is 1.00. The first-order valence-corrected chi connectivity index (χ1v) is 6.67. The quantitative estimate of drug-likeness (QED) is 0.485.